The average Bonchev–Trinajstić information content (AvgIpc) is 2.83. The van der Waals surface area contributed by atoms with Gasteiger partial charge in [0.1, 0.15) is 0 Å². The fraction of sp³-hybridized carbons (Fsp3) is 0.200. The third kappa shape index (κ3) is 4.35. The number of hydrogen-bond donors (Lipinski definition) is 2. The average molecular weight is 480 g/mol. The summed E-state index contributed by atoms with van der Waals surface area (Å²) >= 11 is 0. The molecule has 0 spiro atoms. The van der Waals surface area contributed by atoms with Crippen LogP contribution in [0, 0.1) is 34.9 Å². The van der Waals surface area contributed by atoms with Crippen LogP contribution in [0.2, 0.25) is 0 Å². The van der Waals surface area contributed by atoms with Crippen molar-refractivity contribution in [2.45, 2.75) is 32.0 Å². The van der Waals surface area contributed by atoms with E-state index >= 15 is 0 Å². The highest BCUT2D eigenvalue weighted by atomic mass is 19.2. The van der Waals surface area contributed by atoms with E-state index in [1.54, 1.807) is 6.08 Å². The van der Waals surface area contributed by atoms with Crippen LogP contribution < -0.4 is 0 Å². The summed E-state index contributed by atoms with van der Waals surface area (Å²) in [7, 11) is 0. The molecule has 0 amide bonds. The molecule has 0 saturated heterocycles. The summed E-state index contributed by atoms with van der Waals surface area (Å²) in [4.78, 5) is 0. The van der Waals surface area contributed by atoms with Crippen molar-refractivity contribution in [3.8, 4) is 22.6 Å². The van der Waals surface area contributed by atoms with Gasteiger partial charge in [0.2, 0.25) is 11.6 Å². The molecule has 0 saturated carbocycles. The molecule has 0 aliphatic heterocycles. The lowest BCUT2D eigenvalue weighted by molar-refractivity contribution is 0.0342. The van der Waals surface area contributed by atoms with Crippen LogP contribution in [-0.2, 0) is 11.3 Å². The molecular formula is C25H18F6O3. The predicted octanol–water partition coefficient (Wildman–Crippen LogP) is 6.75. The van der Waals surface area contributed by atoms with Crippen molar-refractivity contribution in [3.05, 3.63) is 88.5 Å². The van der Waals surface area contributed by atoms with Crippen molar-refractivity contribution >= 4 is 5.57 Å². The van der Waals surface area contributed by atoms with Gasteiger partial charge < -0.3 is 14.9 Å². The van der Waals surface area contributed by atoms with Crippen molar-refractivity contribution in [2.75, 3.05) is 0 Å². The van der Waals surface area contributed by atoms with Gasteiger partial charge in [-0.05, 0) is 49.1 Å². The number of allylic oxidation sites excluding steroid dienone is 1. The molecular weight excluding hydrogens is 462 g/mol. The van der Waals surface area contributed by atoms with Crippen LogP contribution in [0.3, 0.4) is 0 Å². The lowest BCUT2D eigenvalue weighted by atomic mass is 9.91. The largest absolute Gasteiger partial charge is 0.505 e. The number of phenolic OH excluding ortho intramolecular Hbond substituents is 2. The van der Waals surface area contributed by atoms with Gasteiger partial charge in [-0.25, -0.2) is 17.6 Å². The second-order valence-corrected chi connectivity index (χ2v) is 7.86. The Balaban J connectivity index is 1.46. The first-order chi connectivity index (χ1) is 16.2. The van der Waals surface area contributed by atoms with Crippen LogP contribution in [0.25, 0.3) is 16.7 Å². The van der Waals surface area contributed by atoms with Crippen LogP contribution in [0.5, 0.6) is 11.5 Å². The molecule has 0 bridgehead atoms. The van der Waals surface area contributed by atoms with Crippen molar-refractivity contribution in [1.29, 1.82) is 0 Å². The molecule has 2 N–H and O–H groups in total. The molecule has 0 radical (unpaired) electrons. The zero-order chi connectivity index (χ0) is 24.6. The highest BCUT2D eigenvalue weighted by Crippen LogP contribution is 2.35. The lowest BCUT2D eigenvalue weighted by Gasteiger charge is -2.23. The van der Waals surface area contributed by atoms with E-state index in [2.05, 4.69) is 0 Å². The summed E-state index contributed by atoms with van der Waals surface area (Å²) < 4.78 is 90.1. The molecule has 0 heterocycles. The Hall–Kier alpha value is -3.46. The van der Waals surface area contributed by atoms with Crippen LogP contribution in [0.15, 0.2) is 42.5 Å². The first-order valence-electron chi connectivity index (χ1n) is 10.3. The van der Waals surface area contributed by atoms with Gasteiger partial charge in [0, 0.05) is 22.3 Å². The third-order valence-corrected chi connectivity index (χ3v) is 5.76. The zero-order valence-corrected chi connectivity index (χ0v) is 17.5. The molecule has 1 atom stereocenters. The Kier molecular flexibility index (Phi) is 6.56. The molecule has 178 valence electrons. The highest BCUT2D eigenvalue weighted by Gasteiger charge is 2.23. The SMILES string of the molecule is Oc1ccc(C2=CCC(OCc3ccc(-c4ccc(O)c(F)c4F)c(F)c3F)CC2)c(F)c1F. The van der Waals surface area contributed by atoms with Gasteiger partial charge in [0.05, 0.1) is 12.7 Å². The quantitative estimate of drug-likeness (QED) is 0.397. The summed E-state index contributed by atoms with van der Waals surface area (Å²) in [6.07, 6.45) is 2.34. The smallest absolute Gasteiger partial charge is 0.200 e. The Labute approximate surface area is 190 Å². The Morgan fingerprint density at radius 1 is 0.676 bits per heavy atom. The van der Waals surface area contributed by atoms with Gasteiger partial charge in [-0.3, -0.25) is 0 Å². The topological polar surface area (TPSA) is 49.7 Å². The number of benzene rings is 3. The van der Waals surface area contributed by atoms with Crippen LogP contribution >= 0.6 is 0 Å². The summed E-state index contributed by atoms with van der Waals surface area (Å²) in [5, 5.41) is 18.4. The molecule has 1 aliphatic rings. The van der Waals surface area contributed by atoms with Crippen molar-refractivity contribution in [2.24, 2.45) is 0 Å². The molecule has 0 fully saturated rings. The number of rotatable bonds is 5. The molecule has 9 heteroatoms. The van der Waals surface area contributed by atoms with Gasteiger partial charge >= 0.3 is 0 Å². The second kappa shape index (κ2) is 9.42. The van der Waals surface area contributed by atoms with Gasteiger partial charge in [-0.1, -0.05) is 18.2 Å². The minimum Gasteiger partial charge on any atom is -0.505 e. The van der Waals surface area contributed by atoms with E-state index in [4.69, 9.17) is 4.74 Å². The zero-order valence-electron chi connectivity index (χ0n) is 17.5. The molecule has 3 aromatic carbocycles. The third-order valence-electron chi connectivity index (χ3n) is 5.76. The molecule has 4 rings (SSSR count). The number of hydrogen-bond acceptors (Lipinski definition) is 3. The van der Waals surface area contributed by atoms with Gasteiger partial charge in [0.15, 0.2) is 34.8 Å². The summed E-state index contributed by atoms with van der Waals surface area (Å²) in [6, 6.07) is 6.41. The fourth-order valence-corrected chi connectivity index (χ4v) is 3.86. The van der Waals surface area contributed by atoms with Crippen LogP contribution in [0.4, 0.5) is 26.3 Å². The second-order valence-electron chi connectivity index (χ2n) is 7.86. The number of aromatic hydroxyl groups is 2. The Bertz CT molecular complexity index is 1290. The first kappa shape index (κ1) is 23.7. The summed E-state index contributed by atoms with van der Waals surface area (Å²) in [6.45, 7) is -0.300. The van der Waals surface area contributed by atoms with E-state index in [1.807, 2.05) is 0 Å². The Morgan fingerprint density at radius 2 is 1.21 bits per heavy atom. The maximum Gasteiger partial charge on any atom is 0.200 e. The number of ether oxygens (including phenoxy) is 1. The highest BCUT2D eigenvalue weighted by molar-refractivity contribution is 5.68. The van der Waals surface area contributed by atoms with Crippen molar-refractivity contribution < 1.29 is 41.3 Å². The van der Waals surface area contributed by atoms with E-state index in [1.165, 1.54) is 12.1 Å². The van der Waals surface area contributed by atoms with Gasteiger partial charge in [-0.2, -0.15) is 8.78 Å². The number of halogens is 6. The molecule has 3 aromatic rings. The van der Waals surface area contributed by atoms with Gasteiger partial charge in [0.25, 0.3) is 0 Å². The standard InChI is InChI=1S/C25H18F6O3/c26-20-13(3-6-16(22(20)28)17-8-10-19(33)25(31)23(17)29)11-34-14-4-1-12(2-5-14)15-7-9-18(32)24(30)21(15)27/h1,3,6-10,14,32-33H,2,4-5,11H2. The fourth-order valence-electron chi connectivity index (χ4n) is 3.86. The number of phenols is 2. The normalized spacial score (nSPS) is 15.9. The minimum absolute atomic E-state index is 0.0374. The van der Waals surface area contributed by atoms with E-state index < -0.39 is 57.5 Å². The maximum absolute atomic E-state index is 14.6. The van der Waals surface area contributed by atoms with E-state index in [9.17, 15) is 36.6 Å². The maximum atomic E-state index is 14.6. The van der Waals surface area contributed by atoms with E-state index in [0.29, 0.717) is 24.8 Å². The van der Waals surface area contributed by atoms with Crippen LogP contribution in [-0.4, -0.2) is 16.3 Å². The van der Waals surface area contributed by atoms with E-state index in [-0.39, 0.29) is 23.8 Å². The van der Waals surface area contributed by atoms with Crippen LogP contribution in [0.1, 0.15) is 30.4 Å². The molecule has 1 unspecified atom stereocenters. The first-order valence-corrected chi connectivity index (χ1v) is 10.3. The molecule has 34 heavy (non-hydrogen) atoms. The molecule has 3 nitrogen and oxygen atoms in total. The van der Waals surface area contributed by atoms with E-state index in [0.717, 1.165) is 24.3 Å². The van der Waals surface area contributed by atoms with Crippen molar-refractivity contribution in [1.82, 2.24) is 0 Å². The van der Waals surface area contributed by atoms with Gasteiger partial charge in [-0.15, -0.1) is 0 Å². The summed E-state index contributed by atoms with van der Waals surface area (Å²) in [5.41, 5.74) is -0.605. The van der Waals surface area contributed by atoms with Crippen molar-refractivity contribution in [3.63, 3.8) is 0 Å². The monoisotopic (exact) mass is 480 g/mol. The molecule has 1 aliphatic carbocycles. The lowest BCUT2D eigenvalue weighted by Crippen LogP contribution is -2.16. The Morgan fingerprint density at radius 3 is 1.79 bits per heavy atom. The molecule has 0 aromatic heterocycles. The summed E-state index contributed by atoms with van der Waals surface area (Å²) in [5.74, 6) is -9.94. The predicted molar refractivity (Wildman–Crippen MR) is 112 cm³/mol. The minimum atomic E-state index is -1.57.